The summed E-state index contributed by atoms with van der Waals surface area (Å²) in [5.41, 5.74) is -2.44. The summed E-state index contributed by atoms with van der Waals surface area (Å²) in [5, 5.41) is 13.9. The van der Waals surface area contributed by atoms with Crippen LogP contribution < -0.4 is 10.6 Å². The number of aromatic nitrogens is 2. The van der Waals surface area contributed by atoms with Crippen molar-refractivity contribution in [2.24, 2.45) is 0 Å². The smallest absolute Gasteiger partial charge is 0.390 e. The zero-order chi connectivity index (χ0) is 30.2. The van der Waals surface area contributed by atoms with Gasteiger partial charge in [-0.2, -0.15) is 13.2 Å². The van der Waals surface area contributed by atoms with E-state index in [0.717, 1.165) is 25.1 Å². The highest BCUT2D eigenvalue weighted by atomic mass is 32.1. The van der Waals surface area contributed by atoms with E-state index in [1.165, 1.54) is 20.8 Å². The summed E-state index contributed by atoms with van der Waals surface area (Å²) in [5.74, 6) is -1.69. The van der Waals surface area contributed by atoms with Gasteiger partial charge in [0.15, 0.2) is 5.01 Å². The van der Waals surface area contributed by atoms with Gasteiger partial charge in [0, 0.05) is 35.2 Å². The number of halogens is 5. The molecular weight excluding hydrogens is 555 g/mol. The molecule has 0 radical (unpaired) electrons. The Morgan fingerprint density at radius 3 is 2.42 bits per heavy atom. The van der Waals surface area contributed by atoms with E-state index in [4.69, 9.17) is 0 Å². The van der Waals surface area contributed by atoms with Gasteiger partial charge in [-0.15, -0.1) is 11.3 Å². The summed E-state index contributed by atoms with van der Waals surface area (Å²) < 4.78 is 68.3. The molecule has 16 heteroatoms. The molecule has 8 nitrogen and oxygen atoms in total. The van der Waals surface area contributed by atoms with Crippen molar-refractivity contribution in [1.29, 1.82) is 0 Å². The molecule has 2 aromatic heterocycles. The van der Waals surface area contributed by atoms with Crippen LogP contribution in [0.4, 0.5) is 27.8 Å². The van der Waals surface area contributed by atoms with Crippen LogP contribution in [0.1, 0.15) is 79.2 Å². The quantitative estimate of drug-likeness (QED) is 0.308. The van der Waals surface area contributed by atoms with E-state index in [9.17, 15) is 36.6 Å². The number of alkyl halides is 5. The zero-order valence-electron chi connectivity index (χ0n) is 23.1. The van der Waals surface area contributed by atoms with E-state index in [1.807, 2.05) is 6.92 Å². The fourth-order valence-electron chi connectivity index (χ4n) is 4.12. The maximum Gasteiger partial charge on any atom is 0.408 e. The number of rotatable bonds is 9. The Kier molecular flexibility index (Phi) is 9.24. The molecule has 0 saturated carbocycles. The zero-order valence-corrected chi connectivity index (χ0v) is 23.9. The first-order valence-corrected chi connectivity index (χ1v) is 13.7. The van der Waals surface area contributed by atoms with Crippen LogP contribution in [0.2, 0.25) is 0 Å². The van der Waals surface area contributed by atoms with E-state index in [0.29, 0.717) is 17.9 Å². The number of likely N-dealkylation sites (tertiary alicyclic amines) is 1. The Morgan fingerprint density at radius 1 is 1.27 bits per heavy atom. The lowest BCUT2D eigenvalue weighted by atomic mass is 9.54. The molecule has 1 fully saturated rings. The third-order valence-corrected chi connectivity index (χ3v) is 8.42. The molecule has 3 N–H and O–H groups in total. The molecule has 3 heterocycles. The van der Waals surface area contributed by atoms with Crippen LogP contribution in [-0.2, 0) is 0 Å². The molecular formula is C24H32B2F5N5O3S. The van der Waals surface area contributed by atoms with Crippen LogP contribution in [0.5, 0.6) is 0 Å². The van der Waals surface area contributed by atoms with Crippen molar-refractivity contribution in [3.8, 4) is 10.4 Å². The number of nitrogens with zero attached hydrogens (tertiary/aromatic N) is 3. The second-order valence-corrected chi connectivity index (χ2v) is 11.9. The van der Waals surface area contributed by atoms with Crippen molar-refractivity contribution in [3.05, 3.63) is 28.5 Å². The number of carbonyl (C=O) groups excluding carboxylic acids is 2. The Hall–Kier alpha value is -2.74. The number of thiazole rings is 1. The molecule has 0 aromatic carbocycles. The minimum Gasteiger partial charge on any atom is -0.390 e. The predicted molar refractivity (Wildman–Crippen MR) is 147 cm³/mol. The molecule has 1 aliphatic rings. The summed E-state index contributed by atoms with van der Waals surface area (Å²) in [6.07, 6.45) is -5.66. The Labute approximate surface area is 235 Å². The molecule has 0 unspecified atom stereocenters. The number of hydrogen-bond acceptors (Lipinski definition) is 7. The highest BCUT2D eigenvalue weighted by Crippen LogP contribution is 2.39. The summed E-state index contributed by atoms with van der Waals surface area (Å²) in [7, 11) is 3.18. The van der Waals surface area contributed by atoms with Crippen LogP contribution in [0.3, 0.4) is 0 Å². The monoisotopic (exact) mass is 587 g/mol. The molecule has 2 aromatic rings. The SMILES string of the molecule is BC(B)(NC(=O)c1nc(C(=O)N2CCC[C@@H]2C)c(-c2cnc(N[C@@H](CC)C(F)(F)F)cc2C(F)F)s1)C(C)(C)O. The fraction of sp³-hybridized carbons (Fsp3) is 0.583. The predicted octanol–water partition coefficient (Wildman–Crippen LogP) is 2.94. The van der Waals surface area contributed by atoms with Gasteiger partial charge in [-0.1, -0.05) is 6.92 Å². The number of pyridine rings is 1. The number of hydrogen-bond donors (Lipinski definition) is 3. The van der Waals surface area contributed by atoms with Gasteiger partial charge in [0.25, 0.3) is 18.2 Å². The Morgan fingerprint density at radius 2 is 1.93 bits per heavy atom. The maximum absolute atomic E-state index is 14.3. The van der Waals surface area contributed by atoms with Gasteiger partial charge in [-0.3, -0.25) is 9.59 Å². The molecule has 0 spiro atoms. The highest BCUT2D eigenvalue weighted by Gasteiger charge is 2.40. The van der Waals surface area contributed by atoms with Gasteiger partial charge < -0.3 is 20.6 Å². The molecule has 218 valence electrons. The minimum absolute atomic E-state index is 0.0486. The highest BCUT2D eigenvalue weighted by molar-refractivity contribution is 7.17. The second kappa shape index (κ2) is 11.6. The number of anilines is 1. The van der Waals surface area contributed by atoms with E-state index >= 15 is 0 Å². The topological polar surface area (TPSA) is 107 Å². The largest absolute Gasteiger partial charge is 0.408 e. The maximum atomic E-state index is 14.3. The average molecular weight is 587 g/mol. The lowest BCUT2D eigenvalue weighted by Crippen LogP contribution is -2.63. The van der Waals surface area contributed by atoms with E-state index < -0.39 is 52.8 Å². The molecule has 0 aliphatic carbocycles. The van der Waals surface area contributed by atoms with E-state index in [-0.39, 0.29) is 33.6 Å². The van der Waals surface area contributed by atoms with Crippen molar-refractivity contribution >= 4 is 44.7 Å². The van der Waals surface area contributed by atoms with Crippen LogP contribution >= 0.6 is 11.3 Å². The number of aliphatic hydroxyl groups is 1. The van der Waals surface area contributed by atoms with Crippen molar-refractivity contribution < 1.29 is 36.6 Å². The van der Waals surface area contributed by atoms with Crippen LogP contribution in [0.25, 0.3) is 10.4 Å². The Bertz CT molecular complexity index is 1250. The van der Waals surface area contributed by atoms with Gasteiger partial charge in [-0.25, -0.2) is 18.7 Å². The summed E-state index contributed by atoms with van der Waals surface area (Å²) in [6, 6.07) is -1.32. The van der Waals surface area contributed by atoms with Crippen LogP contribution in [-0.4, -0.2) is 83.2 Å². The fourth-order valence-corrected chi connectivity index (χ4v) is 5.10. The number of amides is 2. The summed E-state index contributed by atoms with van der Waals surface area (Å²) >= 11 is 0.694. The summed E-state index contributed by atoms with van der Waals surface area (Å²) in [4.78, 5) is 36.4. The molecule has 40 heavy (non-hydrogen) atoms. The first kappa shape index (κ1) is 31.8. The van der Waals surface area contributed by atoms with Crippen molar-refractivity contribution in [3.63, 3.8) is 0 Å². The average Bonchev–Trinajstić information content (AvgIpc) is 3.47. The minimum atomic E-state index is -4.62. The van der Waals surface area contributed by atoms with Gasteiger partial charge in [-0.05, 0) is 46.1 Å². The lowest BCUT2D eigenvalue weighted by Gasteiger charge is -2.38. The lowest BCUT2D eigenvalue weighted by molar-refractivity contribution is -0.142. The number of carbonyl (C=O) groups is 2. The van der Waals surface area contributed by atoms with Crippen LogP contribution in [0, 0.1) is 0 Å². The van der Waals surface area contributed by atoms with Crippen LogP contribution in [0.15, 0.2) is 12.3 Å². The van der Waals surface area contributed by atoms with Crippen molar-refractivity contribution in [2.45, 2.75) is 82.6 Å². The molecule has 0 bridgehead atoms. The van der Waals surface area contributed by atoms with Gasteiger partial charge in [0.2, 0.25) is 0 Å². The van der Waals surface area contributed by atoms with E-state index in [1.54, 1.807) is 20.6 Å². The molecule has 2 amide bonds. The first-order chi connectivity index (χ1) is 18.4. The third-order valence-electron chi connectivity index (χ3n) is 7.33. The van der Waals surface area contributed by atoms with Crippen molar-refractivity contribution in [1.82, 2.24) is 20.2 Å². The molecule has 1 saturated heterocycles. The molecule has 2 atom stereocenters. The third kappa shape index (κ3) is 6.76. The molecule has 3 rings (SSSR count). The first-order valence-electron chi connectivity index (χ1n) is 12.9. The van der Waals surface area contributed by atoms with Crippen molar-refractivity contribution in [2.75, 3.05) is 11.9 Å². The van der Waals surface area contributed by atoms with Gasteiger partial charge >= 0.3 is 6.18 Å². The summed E-state index contributed by atoms with van der Waals surface area (Å²) in [6.45, 7) is 6.56. The Balaban J connectivity index is 2.12. The van der Waals surface area contributed by atoms with E-state index in [2.05, 4.69) is 20.6 Å². The standard InChI is InChI=1S/C24H32B2F5N5O3S/c1-5-14(23(29,30)31)33-15-9-12(18(27)28)13(10-32-15)17-16(21(38)36-8-6-7-11(36)2)34-20(40-17)19(37)35-24(25,26)22(3,4)39/h9-11,14,18,39H,5-8,25-26H2,1-4H3,(H,32,33)(H,35,37)/t11-,14-/m0/s1. The molecule has 1 aliphatic heterocycles. The van der Waals surface area contributed by atoms with Gasteiger partial charge in [0.1, 0.15) is 33.2 Å². The second-order valence-electron chi connectivity index (χ2n) is 10.9. The number of nitrogens with one attached hydrogen (secondary N) is 2. The normalized spacial score (nSPS) is 17.3. The van der Waals surface area contributed by atoms with Gasteiger partial charge in [0.05, 0.1) is 10.5 Å².